The van der Waals surface area contributed by atoms with Crippen molar-refractivity contribution in [1.82, 2.24) is 60.0 Å². The summed E-state index contributed by atoms with van der Waals surface area (Å²) in [4.78, 5) is 42.9. The van der Waals surface area contributed by atoms with Crippen molar-refractivity contribution in [2.24, 2.45) is 5.73 Å². The van der Waals surface area contributed by atoms with Crippen LogP contribution in [0.1, 0.15) is 103 Å². The number of hydrogen-bond acceptors (Lipinski definition) is 17. The van der Waals surface area contributed by atoms with Crippen molar-refractivity contribution < 1.29 is 8.78 Å². The monoisotopic (exact) mass is 1110 g/mol. The summed E-state index contributed by atoms with van der Waals surface area (Å²) in [5.74, 6) is 1.31. The molecular weight excluding hydrogens is 1040 g/mol. The summed E-state index contributed by atoms with van der Waals surface area (Å²) in [7, 11) is 0. The zero-order valence-electron chi connectivity index (χ0n) is 42.6. The van der Waals surface area contributed by atoms with Gasteiger partial charge in [0.05, 0.1) is 0 Å². The Balaban J connectivity index is 0.000000195. The van der Waals surface area contributed by atoms with Crippen LogP contribution in [0.4, 0.5) is 43.9 Å². The molecule has 0 saturated carbocycles. The topological polar surface area (TPSA) is 200 Å². The molecule has 4 aliphatic rings. The van der Waals surface area contributed by atoms with Crippen molar-refractivity contribution in [1.29, 1.82) is 0 Å². The van der Waals surface area contributed by atoms with Crippen LogP contribution >= 0.6 is 58.0 Å². The lowest BCUT2D eigenvalue weighted by molar-refractivity contribution is 0.272. The molecule has 73 heavy (non-hydrogen) atoms. The number of hydrogen-bond donors (Lipinski definition) is 5. The van der Waals surface area contributed by atoms with E-state index in [-0.39, 0.29) is 44.0 Å². The largest absolute Gasteiger partial charge is 0.352 e. The Kier molecular flexibility index (Phi) is 25.4. The number of aromatic nitrogens is 9. The van der Waals surface area contributed by atoms with Crippen LogP contribution in [0.3, 0.4) is 0 Å². The first kappa shape index (κ1) is 59.7. The van der Waals surface area contributed by atoms with Gasteiger partial charge in [-0.1, -0.05) is 39.8 Å². The van der Waals surface area contributed by atoms with Gasteiger partial charge in [-0.2, -0.15) is 44.9 Å². The van der Waals surface area contributed by atoms with Crippen molar-refractivity contribution in [2.75, 3.05) is 73.2 Å². The summed E-state index contributed by atoms with van der Waals surface area (Å²) >= 11 is 27.2. The molecule has 4 saturated heterocycles. The molecule has 4 fully saturated rings. The number of likely N-dealkylation sites (N-methyl/N-ethyl adjacent to an activating group) is 2. The van der Waals surface area contributed by atoms with E-state index in [0.29, 0.717) is 58.5 Å². The molecule has 24 heteroatoms. The Morgan fingerprint density at radius 2 is 1.05 bits per heavy atom. The number of likely N-dealkylation sites (tertiary alicyclic amines) is 2. The van der Waals surface area contributed by atoms with Gasteiger partial charge in [0.15, 0.2) is 0 Å². The van der Waals surface area contributed by atoms with Crippen LogP contribution in [-0.2, 0) is 0 Å². The van der Waals surface area contributed by atoms with E-state index >= 15 is 0 Å². The van der Waals surface area contributed by atoms with Gasteiger partial charge in [0, 0.05) is 55.2 Å². The van der Waals surface area contributed by atoms with Gasteiger partial charge < -0.3 is 31.9 Å². The average Bonchev–Trinajstić information content (AvgIpc) is 4.22. The maximum absolute atomic E-state index is 14.0. The number of halogens is 7. The smallest absolute Gasteiger partial charge is 0.233 e. The Morgan fingerprint density at radius 1 is 0.575 bits per heavy atom. The predicted molar refractivity (Wildman–Crippen MR) is 293 cm³/mol. The van der Waals surface area contributed by atoms with E-state index in [0.717, 1.165) is 58.0 Å². The standard InChI is InChI=1S/C23H34FN7.C10H7Cl2FN4.C7H16N2.C6H13N.C3Cl3N3/c1-4-18-8-7-13-31(18)23-28-21(25-15-19-9-6-12-30(19)5-2)27-22(29-23)26-17-11-10-16(3)20(24)14-17;1-5-2-3-6(4-7(5)13)14-10-16-8(11)15-9(12)17-10;1-2-9-5-3-4-7(9)6-8;1-2-6-4-3-5-7-6;4-1-7-2(5)9-3(6)8-1/h10-11,14,18-19H,4-9,12-13,15H2,1-3H3,(H2,25,26,27,28,29);2-4H,1H3,(H,14,15,16,17);7H,2-6,8H2,1H3;6-7H,2-5H2,1H3;/t18-,19?;;;6-;/m1..1./s1. The van der Waals surface area contributed by atoms with Gasteiger partial charge in [0.2, 0.25) is 50.2 Å². The summed E-state index contributed by atoms with van der Waals surface area (Å²) < 4.78 is 27.3. The zero-order chi connectivity index (χ0) is 52.9. The third-order valence-electron chi connectivity index (χ3n) is 13.0. The number of nitrogens with two attached hydrogens (primary N) is 1. The average molecular weight is 1110 g/mol. The molecular formula is C49H70Cl5F2N17. The van der Waals surface area contributed by atoms with E-state index in [1.165, 1.54) is 76.7 Å². The van der Waals surface area contributed by atoms with Gasteiger partial charge in [-0.15, -0.1) is 0 Å². The van der Waals surface area contributed by atoms with Crippen LogP contribution in [0, 0.1) is 25.5 Å². The third kappa shape index (κ3) is 19.8. The first-order chi connectivity index (χ1) is 35.1. The summed E-state index contributed by atoms with van der Waals surface area (Å²) in [6, 6.07) is 12.2. The van der Waals surface area contributed by atoms with Crippen molar-refractivity contribution in [3.63, 3.8) is 0 Å². The molecule has 4 aliphatic heterocycles. The summed E-state index contributed by atoms with van der Waals surface area (Å²) in [6.45, 7) is 20.8. The van der Waals surface area contributed by atoms with Crippen LogP contribution in [0.2, 0.25) is 26.4 Å². The highest BCUT2D eigenvalue weighted by atomic mass is 35.5. The lowest BCUT2D eigenvalue weighted by Crippen LogP contribution is -2.35. The highest BCUT2D eigenvalue weighted by Crippen LogP contribution is 2.28. The van der Waals surface area contributed by atoms with Crippen LogP contribution in [0.15, 0.2) is 36.4 Å². The zero-order valence-corrected chi connectivity index (χ0v) is 46.4. The molecule has 6 N–H and O–H groups in total. The molecule has 0 aliphatic carbocycles. The maximum Gasteiger partial charge on any atom is 0.233 e. The summed E-state index contributed by atoms with van der Waals surface area (Å²) in [5.41, 5.74) is 7.87. The van der Waals surface area contributed by atoms with Crippen LogP contribution in [-0.4, -0.2) is 131 Å². The van der Waals surface area contributed by atoms with E-state index < -0.39 is 0 Å². The molecule has 0 bridgehead atoms. The molecule has 4 atom stereocenters. The Morgan fingerprint density at radius 3 is 1.51 bits per heavy atom. The van der Waals surface area contributed by atoms with Crippen molar-refractivity contribution in [2.45, 2.75) is 130 Å². The van der Waals surface area contributed by atoms with E-state index in [2.05, 4.69) is 98.5 Å². The molecule has 0 spiro atoms. The minimum absolute atomic E-state index is 0.000000000000000444. The molecule has 2 aromatic carbocycles. The van der Waals surface area contributed by atoms with E-state index in [1.54, 1.807) is 32.0 Å². The predicted octanol–water partition coefficient (Wildman–Crippen LogP) is 11.1. The molecule has 0 radical (unpaired) electrons. The minimum atomic E-state index is -0.318. The maximum atomic E-state index is 14.0. The normalized spacial score (nSPS) is 19.4. The quantitative estimate of drug-likeness (QED) is 0.0745. The lowest BCUT2D eigenvalue weighted by Gasteiger charge is -2.25. The van der Waals surface area contributed by atoms with Crippen LogP contribution in [0.25, 0.3) is 0 Å². The van der Waals surface area contributed by atoms with Gasteiger partial charge in [0.25, 0.3) is 0 Å². The number of nitrogens with one attached hydrogen (secondary N) is 4. The molecule has 400 valence electrons. The number of rotatable bonds is 13. The van der Waals surface area contributed by atoms with Crippen molar-refractivity contribution in [3.8, 4) is 0 Å². The third-order valence-corrected chi connectivity index (χ3v) is 13.8. The molecule has 5 aromatic rings. The fourth-order valence-corrected chi connectivity index (χ4v) is 9.85. The van der Waals surface area contributed by atoms with Gasteiger partial charge in [-0.3, -0.25) is 9.80 Å². The molecule has 3 aromatic heterocycles. The summed E-state index contributed by atoms with van der Waals surface area (Å²) in [5, 5.41) is 12.8. The minimum Gasteiger partial charge on any atom is -0.352 e. The molecule has 17 nitrogen and oxygen atoms in total. The lowest BCUT2D eigenvalue weighted by atomic mass is 10.2. The van der Waals surface area contributed by atoms with E-state index in [4.69, 9.17) is 73.7 Å². The number of anilines is 6. The molecule has 0 amide bonds. The highest BCUT2D eigenvalue weighted by Gasteiger charge is 2.27. The number of benzene rings is 2. The second-order valence-corrected chi connectivity index (χ2v) is 19.6. The molecule has 2 unspecified atom stereocenters. The highest BCUT2D eigenvalue weighted by molar-refractivity contribution is 6.33. The van der Waals surface area contributed by atoms with E-state index in [1.807, 2.05) is 6.07 Å². The Labute approximate surface area is 454 Å². The van der Waals surface area contributed by atoms with Crippen molar-refractivity contribution >= 4 is 93.2 Å². The van der Waals surface area contributed by atoms with Crippen LogP contribution in [0.5, 0.6) is 0 Å². The Hall–Kier alpha value is -4.18. The van der Waals surface area contributed by atoms with Crippen molar-refractivity contribution in [3.05, 3.63) is 85.6 Å². The van der Waals surface area contributed by atoms with Gasteiger partial charge in [0.1, 0.15) is 11.6 Å². The van der Waals surface area contributed by atoms with Crippen LogP contribution < -0.4 is 31.9 Å². The first-order valence-electron chi connectivity index (χ1n) is 25.2. The number of aryl methyl sites for hydroxylation is 2. The second kappa shape index (κ2) is 31.0. The van der Waals surface area contributed by atoms with E-state index in [9.17, 15) is 8.78 Å². The number of nitrogens with zero attached hydrogens (tertiary/aromatic N) is 12. The SMILES string of the molecule is CCN1CCCC1CN.CC[C@@H]1CCCN1.CC[C@@H]1CCCN1c1nc(NCC2CCCN2CC)nc(Nc2ccc(C)c(F)c2)n1.Cc1ccc(Nc2nc(Cl)nc(Cl)n2)cc1F.Clc1nc(Cl)nc(Cl)n1. The fraction of sp³-hybridized carbons (Fsp3) is 0.571. The fourth-order valence-electron chi connectivity index (χ4n) is 8.87. The first-order valence-corrected chi connectivity index (χ1v) is 27.0. The second-order valence-electron chi connectivity index (χ2n) is 17.9. The molecule has 7 heterocycles. The van der Waals surface area contributed by atoms with Gasteiger partial charge >= 0.3 is 0 Å². The van der Waals surface area contributed by atoms with Gasteiger partial charge in [-0.25, -0.2) is 8.78 Å². The van der Waals surface area contributed by atoms with Gasteiger partial charge in [-0.05, 0) is 204 Å². The summed E-state index contributed by atoms with van der Waals surface area (Å²) in [6.07, 6.45) is 12.5. The molecule has 9 rings (SSSR count). The Bertz CT molecular complexity index is 2380.